The number of hydrogen-bond acceptors (Lipinski definition) is 4. The lowest BCUT2D eigenvalue weighted by Crippen LogP contribution is -2.19. The van der Waals surface area contributed by atoms with E-state index in [9.17, 15) is 0 Å². The first-order valence-corrected chi connectivity index (χ1v) is 8.22. The Balaban J connectivity index is 2.25. The van der Waals surface area contributed by atoms with Gasteiger partial charge in [-0.3, -0.25) is 0 Å². The lowest BCUT2D eigenvalue weighted by Gasteiger charge is -2.07. The van der Waals surface area contributed by atoms with Gasteiger partial charge in [0, 0.05) is 13.7 Å². The van der Waals surface area contributed by atoms with Gasteiger partial charge in [0.1, 0.15) is 11.1 Å². The molecule has 0 bridgehead atoms. The molecule has 0 aliphatic rings. The number of hydrogen-bond donors (Lipinski definition) is 1. The van der Waals surface area contributed by atoms with Crippen molar-refractivity contribution in [1.82, 2.24) is 10.3 Å². The van der Waals surface area contributed by atoms with Crippen LogP contribution in [0.3, 0.4) is 0 Å². The van der Waals surface area contributed by atoms with Gasteiger partial charge in [-0.15, -0.1) is 11.3 Å². The molecule has 1 aromatic heterocycles. The molecule has 0 amide bonds. The summed E-state index contributed by atoms with van der Waals surface area (Å²) >= 11 is 1.73. The van der Waals surface area contributed by atoms with Gasteiger partial charge in [-0.1, -0.05) is 44.2 Å². The van der Waals surface area contributed by atoms with Gasteiger partial charge < -0.3 is 10.1 Å². The van der Waals surface area contributed by atoms with Crippen molar-refractivity contribution in [3.05, 3.63) is 41.0 Å². The summed E-state index contributed by atoms with van der Waals surface area (Å²) in [5, 5.41) is 4.52. The number of nitrogens with one attached hydrogen (secondary N) is 1. The molecular formula is C17H24N2OS. The molecule has 0 spiro atoms. The largest absolute Gasteiger partial charge is 0.375 e. The fraction of sp³-hybridized carbons (Fsp3) is 0.471. The molecule has 0 saturated heterocycles. The van der Waals surface area contributed by atoms with Crippen LogP contribution in [-0.2, 0) is 11.3 Å². The quantitative estimate of drug-likeness (QED) is 0.829. The minimum atomic E-state index is 0.0383. The van der Waals surface area contributed by atoms with Crippen molar-refractivity contribution in [2.24, 2.45) is 5.92 Å². The van der Waals surface area contributed by atoms with Crippen molar-refractivity contribution in [2.45, 2.75) is 33.4 Å². The molecule has 0 saturated carbocycles. The highest BCUT2D eigenvalue weighted by Gasteiger charge is 2.16. The van der Waals surface area contributed by atoms with E-state index in [4.69, 9.17) is 9.72 Å². The Labute approximate surface area is 131 Å². The molecule has 2 aromatic rings. The van der Waals surface area contributed by atoms with E-state index in [-0.39, 0.29) is 6.10 Å². The first kappa shape index (κ1) is 16.1. The zero-order valence-corrected chi connectivity index (χ0v) is 14.0. The fourth-order valence-corrected chi connectivity index (χ4v) is 3.18. The van der Waals surface area contributed by atoms with Gasteiger partial charge in [0.05, 0.1) is 10.6 Å². The van der Waals surface area contributed by atoms with Crippen LogP contribution in [0.15, 0.2) is 30.3 Å². The van der Waals surface area contributed by atoms with Gasteiger partial charge in [-0.05, 0) is 24.9 Å². The summed E-state index contributed by atoms with van der Waals surface area (Å²) in [7, 11) is 1.73. The first-order valence-electron chi connectivity index (χ1n) is 7.40. The van der Waals surface area contributed by atoms with E-state index in [2.05, 4.69) is 43.4 Å². The molecule has 4 heteroatoms. The Morgan fingerprint density at radius 3 is 2.52 bits per heavy atom. The number of aromatic nitrogens is 1. The summed E-state index contributed by atoms with van der Waals surface area (Å²) in [6, 6.07) is 10.5. The predicted octanol–water partition coefficient (Wildman–Crippen LogP) is 4.26. The van der Waals surface area contributed by atoms with Crippen molar-refractivity contribution in [2.75, 3.05) is 13.7 Å². The van der Waals surface area contributed by atoms with Gasteiger partial charge in [0.15, 0.2) is 0 Å². The molecule has 0 fully saturated rings. The van der Waals surface area contributed by atoms with Crippen molar-refractivity contribution in [3.63, 3.8) is 0 Å². The number of thiazole rings is 1. The van der Waals surface area contributed by atoms with Gasteiger partial charge in [-0.2, -0.15) is 0 Å². The summed E-state index contributed by atoms with van der Waals surface area (Å²) in [6.45, 7) is 8.27. The van der Waals surface area contributed by atoms with Crippen LogP contribution in [0.2, 0.25) is 0 Å². The Hall–Kier alpha value is -1.23. The van der Waals surface area contributed by atoms with E-state index in [1.165, 1.54) is 10.4 Å². The summed E-state index contributed by atoms with van der Waals surface area (Å²) in [4.78, 5) is 6.03. The predicted molar refractivity (Wildman–Crippen MR) is 89.5 cm³/mol. The molecule has 0 aliphatic carbocycles. The van der Waals surface area contributed by atoms with E-state index < -0.39 is 0 Å². The third-order valence-corrected chi connectivity index (χ3v) is 4.60. The monoisotopic (exact) mass is 304 g/mol. The summed E-state index contributed by atoms with van der Waals surface area (Å²) < 4.78 is 5.41. The molecule has 1 N–H and O–H groups in total. The second kappa shape index (κ2) is 7.69. The standard InChI is InChI=1S/C17H24N2OS/c1-12(2)10-18-11-15-16(14-8-6-5-7-9-14)21-17(19-15)13(3)20-4/h5-9,12-13,18H,10-11H2,1-4H3. The Bertz CT molecular complexity index is 551. The molecule has 1 aromatic carbocycles. The number of nitrogens with zero attached hydrogens (tertiary/aromatic N) is 1. The van der Waals surface area contributed by atoms with Crippen LogP contribution in [0.1, 0.15) is 37.6 Å². The van der Waals surface area contributed by atoms with Gasteiger partial charge >= 0.3 is 0 Å². The van der Waals surface area contributed by atoms with E-state index in [1.807, 2.05) is 13.0 Å². The maximum atomic E-state index is 5.41. The van der Waals surface area contributed by atoms with E-state index in [0.717, 1.165) is 23.8 Å². The third-order valence-electron chi connectivity index (χ3n) is 3.30. The zero-order valence-electron chi connectivity index (χ0n) is 13.2. The summed E-state index contributed by atoms with van der Waals surface area (Å²) in [5.41, 5.74) is 2.34. The second-order valence-corrected chi connectivity index (χ2v) is 6.63. The molecule has 1 atom stereocenters. The number of ether oxygens (including phenoxy) is 1. The molecule has 0 aliphatic heterocycles. The molecule has 1 heterocycles. The molecule has 21 heavy (non-hydrogen) atoms. The molecule has 2 rings (SSSR count). The van der Waals surface area contributed by atoms with Crippen molar-refractivity contribution >= 4 is 11.3 Å². The van der Waals surface area contributed by atoms with E-state index in [1.54, 1.807) is 18.4 Å². The SMILES string of the molecule is COC(C)c1nc(CNCC(C)C)c(-c2ccccc2)s1. The van der Waals surface area contributed by atoms with Crippen molar-refractivity contribution in [1.29, 1.82) is 0 Å². The Morgan fingerprint density at radius 1 is 1.19 bits per heavy atom. The topological polar surface area (TPSA) is 34.1 Å². The number of benzene rings is 1. The average Bonchev–Trinajstić information content (AvgIpc) is 2.91. The minimum Gasteiger partial charge on any atom is -0.375 e. The van der Waals surface area contributed by atoms with Gasteiger partial charge in [0.25, 0.3) is 0 Å². The van der Waals surface area contributed by atoms with Crippen LogP contribution in [0.4, 0.5) is 0 Å². The van der Waals surface area contributed by atoms with Crippen LogP contribution in [0.5, 0.6) is 0 Å². The lowest BCUT2D eigenvalue weighted by atomic mass is 10.1. The fourth-order valence-electron chi connectivity index (χ4n) is 2.06. The highest BCUT2D eigenvalue weighted by atomic mass is 32.1. The average molecular weight is 304 g/mol. The van der Waals surface area contributed by atoms with Crippen LogP contribution < -0.4 is 5.32 Å². The van der Waals surface area contributed by atoms with E-state index in [0.29, 0.717) is 5.92 Å². The molecule has 0 radical (unpaired) electrons. The van der Waals surface area contributed by atoms with Gasteiger partial charge in [-0.25, -0.2) is 4.98 Å². The maximum absolute atomic E-state index is 5.41. The smallest absolute Gasteiger partial charge is 0.122 e. The minimum absolute atomic E-state index is 0.0383. The zero-order chi connectivity index (χ0) is 15.2. The van der Waals surface area contributed by atoms with Crippen LogP contribution in [0.25, 0.3) is 10.4 Å². The van der Waals surface area contributed by atoms with Crippen LogP contribution in [-0.4, -0.2) is 18.6 Å². The number of rotatable bonds is 7. The normalized spacial score (nSPS) is 12.8. The Morgan fingerprint density at radius 2 is 1.90 bits per heavy atom. The van der Waals surface area contributed by atoms with Crippen LogP contribution in [0, 0.1) is 5.92 Å². The maximum Gasteiger partial charge on any atom is 0.122 e. The third kappa shape index (κ3) is 4.37. The molecule has 1 unspecified atom stereocenters. The highest BCUT2D eigenvalue weighted by Crippen LogP contribution is 2.33. The first-order chi connectivity index (χ1) is 10.1. The Kier molecular flexibility index (Phi) is 5.91. The van der Waals surface area contributed by atoms with Gasteiger partial charge in [0.2, 0.25) is 0 Å². The highest BCUT2D eigenvalue weighted by molar-refractivity contribution is 7.15. The van der Waals surface area contributed by atoms with Crippen molar-refractivity contribution < 1.29 is 4.74 Å². The van der Waals surface area contributed by atoms with Crippen molar-refractivity contribution in [3.8, 4) is 10.4 Å². The molecule has 3 nitrogen and oxygen atoms in total. The summed E-state index contributed by atoms with van der Waals surface area (Å²) in [5.74, 6) is 0.640. The summed E-state index contributed by atoms with van der Waals surface area (Å²) in [6.07, 6.45) is 0.0383. The van der Waals surface area contributed by atoms with E-state index >= 15 is 0 Å². The molecular weight excluding hydrogens is 280 g/mol. The van der Waals surface area contributed by atoms with Crippen LogP contribution >= 0.6 is 11.3 Å². The second-order valence-electron chi connectivity index (χ2n) is 5.60. The molecule has 114 valence electrons. The number of methoxy groups -OCH3 is 1. The lowest BCUT2D eigenvalue weighted by molar-refractivity contribution is 0.119.